The Kier molecular flexibility index (Phi) is 2.74. The summed E-state index contributed by atoms with van der Waals surface area (Å²) >= 11 is 0. The Morgan fingerprint density at radius 3 is 2.67 bits per heavy atom. The molecule has 1 aliphatic rings. The van der Waals surface area contributed by atoms with Gasteiger partial charge in [-0.1, -0.05) is 0 Å². The second-order valence-corrected chi connectivity index (χ2v) is 2.57. The normalized spacial score (nSPS) is 23.8. The molecule has 0 aromatic rings. The fourth-order valence-electron chi connectivity index (χ4n) is 1.09. The Bertz CT molecular complexity index is 206. The first-order valence-corrected chi connectivity index (χ1v) is 3.58. The maximum Gasteiger partial charge on any atom is 0.246 e. The van der Waals surface area contributed by atoms with Crippen LogP contribution < -0.4 is 11.6 Å². The van der Waals surface area contributed by atoms with Gasteiger partial charge >= 0.3 is 0 Å². The van der Waals surface area contributed by atoms with Gasteiger partial charge in [0.05, 0.1) is 25.6 Å². The van der Waals surface area contributed by atoms with Gasteiger partial charge in [-0.2, -0.15) is 0 Å². The Morgan fingerprint density at radius 1 is 1.58 bits per heavy atom. The number of carbonyl (C=O) groups excluding carboxylic acids is 2. The Labute approximate surface area is 69.4 Å². The van der Waals surface area contributed by atoms with Gasteiger partial charge in [-0.3, -0.25) is 14.5 Å². The molecule has 1 heterocycles. The van der Waals surface area contributed by atoms with Crippen LogP contribution >= 0.6 is 0 Å². The van der Waals surface area contributed by atoms with E-state index in [-0.39, 0.29) is 31.4 Å². The maximum absolute atomic E-state index is 11.1. The van der Waals surface area contributed by atoms with E-state index in [4.69, 9.17) is 11.6 Å². The molecule has 1 saturated heterocycles. The van der Waals surface area contributed by atoms with E-state index in [1.54, 1.807) is 0 Å². The molecule has 1 fully saturated rings. The van der Waals surface area contributed by atoms with Crippen molar-refractivity contribution in [1.82, 2.24) is 4.90 Å². The zero-order valence-corrected chi connectivity index (χ0v) is 6.53. The van der Waals surface area contributed by atoms with E-state index in [1.165, 1.54) is 0 Å². The van der Waals surface area contributed by atoms with Crippen molar-refractivity contribution in [2.45, 2.75) is 12.5 Å². The molecular formula is C6H11N3O3. The van der Waals surface area contributed by atoms with Crippen molar-refractivity contribution in [3.8, 4) is 0 Å². The molecular weight excluding hydrogens is 162 g/mol. The standard InChI is InChI=1S/C6H11N3O3/c7-4-3-5(10)9(6(4)11)1-2-12-8/h4H,1-3,7-8H2. The number of amides is 2. The first-order valence-electron chi connectivity index (χ1n) is 3.58. The minimum atomic E-state index is -0.685. The number of hydrogen-bond donors (Lipinski definition) is 2. The molecule has 1 atom stereocenters. The molecule has 4 N–H and O–H groups in total. The number of imide groups is 1. The largest absolute Gasteiger partial charge is 0.319 e. The van der Waals surface area contributed by atoms with Crippen molar-refractivity contribution >= 4 is 11.8 Å². The summed E-state index contributed by atoms with van der Waals surface area (Å²) in [5, 5.41) is 0. The molecule has 1 aliphatic heterocycles. The Balaban J connectivity index is 2.52. The SMILES string of the molecule is NOCCN1C(=O)CC(N)C1=O. The average molecular weight is 173 g/mol. The van der Waals surface area contributed by atoms with E-state index in [2.05, 4.69) is 4.84 Å². The monoisotopic (exact) mass is 173 g/mol. The fraction of sp³-hybridized carbons (Fsp3) is 0.667. The predicted octanol–water partition coefficient (Wildman–Crippen LogP) is -2.04. The van der Waals surface area contributed by atoms with E-state index < -0.39 is 6.04 Å². The van der Waals surface area contributed by atoms with Gasteiger partial charge < -0.3 is 10.6 Å². The Hall–Kier alpha value is -0.980. The van der Waals surface area contributed by atoms with Crippen LogP contribution in [0.4, 0.5) is 0 Å². The highest BCUT2D eigenvalue weighted by Gasteiger charge is 2.35. The van der Waals surface area contributed by atoms with Crippen LogP contribution in [-0.4, -0.2) is 35.9 Å². The van der Waals surface area contributed by atoms with Gasteiger partial charge in [0.25, 0.3) is 0 Å². The van der Waals surface area contributed by atoms with E-state index in [0.29, 0.717) is 0 Å². The third kappa shape index (κ3) is 1.60. The van der Waals surface area contributed by atoms with Gasteiger partial charge in [0.2, 0.25) is 11.8 Å². The van der Waals surface area contributed by atoms with Crippen molar-refractivity contribution < 1.29 is 14.4 Å². The molecule has 68 valence electrons. The number of carbonyl (C=O) groups is 2. The molecule has 2 amide bonds. The van der Waals surface area contributed by atoms with Crippen LogP contribution in [0.2, 0.25) is 0 Å². The minimum absolute atomic E-state index is 0.0867. The number of hydrogen-bond acceptors (Lipinski definition) is 5. The molecule has 1 unspecified atom stereocenters. The molecule has 0 saturated carbocycles. The summed E-state index contributed by atoms with van der Waals surface area (Å²) in [6.45, 7) is 0.325. The first-order chi connectivity index (χ1) is 5.66. The summed E-state index contributed by atoms with van der Waals surface area (Å²) in [5.41, 5.74) is 5.35. The molecule has 0 aromatic carbocycles. The highest BCUT2D eigenvalue weighted by molar-refractivity contribution is 6.05. The van der Waals surface area contributed by atoms with E-state index in [1.807, 2.05) is 0 Å². The number of likely N-dealkylation sites (tertiary alicyclic amines) is 1. The highest BCUT2D eigenvalue weighted by Crippen LogP contribution is 2.09. The summed E-state index contributed by atoms with van der Waals surface area (Å²) < 4.78 is 0. The van der Waals surface area contributed by atoms with Crippen molar-refractivity contribution in [2.75, 3.05) is 13.2 Å². The molecule has 12 heavy (non-hydrogen) atoms. The Morgan fingerprint density at radius 2 is 2.25 bits per heavy atom. The molecule has 1 rings (SSSR count). The lowest BCUT2D eigenvalue weighted by molar-refractivity contribution is -0.139. The van der Waals surface area contributed by atoms with E-state index in [9.17, 15) is 9.59 Å². The molecule has 0 spiro atoms. The van der Waals surface area contributed by atoms with Crippen molar-refractivity contribution in [3.05, 3.63) is 0 Å². The third-order valence-corrected chi connectivity index (χ3v) is 1.71. The topological polar surface area (TPSA) is 98.7 Å². The quantitative estimate of drug-likeness (QED) is 0.378. The number of rotatable bonds is 3. The lowest BCUT2D eigenvalue weighted by Gasteiger charge is -2.12. The van der Waals surface area contributed by atoms with Gasteiger partial charge in [0.1, 0.15) is 0 Å². The van der Waals surface area contributed by atoms with Gasteiger partial charge in [-0.15, -0.1) is 0 Å². The van der Waals surface area contributed by atoms with E-state index >= 15 is 0 Å². The van der Waals surface area contributed by atoms with Gasteiger partial charge in [-0.25, -0.2) is 5.90 Å². The van der Waals surface area contributed by atoms with Gasteiger partial charge in [-0.05, 0) is 0 Å². The zero-order valence-electron chi connectivity index (χ0n) is 6.53. The average Bonchev–Trinajstić information content (AvgIpc) is 2.25. The van der Waals surface area contributed by atoms with Crippen LogP contribution in [0.15, 0.2) is 0 Å². The van der Waals surface area contributed by atoms with Crippen molar-refractivity contribution in [2.24, 2.45) is 11.6 Å². The summed E-state index contributed by atoms with van der Waals surface area (Å²) in [5.74, 6) is 4.14. The second-order valence-electron chi connectivity index (χ2n) is 2.57. The first kappa shape index (κ1) is 9.11. The van der Waals surface area contributed by atoms with Crippen LogP contribution in [0.25, 0.3) is 0 Å². The lowest BCUT2D eigenvalue weighted by Crippen LogP contribution is -2.37. The second kappa shape index (κ2) is 3.61. The van der Waals surface area contributed by atoms with Crippen molar-refractivity contribution in [3.63, 3.8) is 0 Å². The van der Waals surface area contributed by atoms with Crippen LogP contribution in [-0.2, 0) is 14.4 Å². The molecule has 0 aliphatic carbocycles. The van der Waals surface area contributed by atoms with Gasteiger partial charge in [0.15, 0.2) is 0 Å². The highest BCUT2D eigenvalue weighted by atomic mass is 16.6. The molecule has 6 nitrogen and oxygen atoms in total. The molecule has 6 heteroatoms. The predicted molar refractivity (Wildman–Crippen MR) is 39.5 cm³/mol. The summed E-state index contributed by atoms with van der Waals surface area (Å²) in [6, 6.07) is -0.685. The maximum atomic E-state index is 11.1. The summed E-state index contributed by atoms with van der Waals surface area (Å²) in [7, 11) is 0. The summed E-state index contributed by atoms with van der Waals surface area (Å²) in [4.78, 5) is 27.5. The zero-order chi connectivity index (χ0) is 9.14. The molecule has 0 aromatic heterocycles. The number of nitrogens with zero attached hydrogens (tertiary/aromatic N) is 1. The van der Waals surface area contributed by atoms with Crippen LogP contribution in [0.1, 0.15) is 6.42 Å². The minimum Gasteiger partial charge on any atom is -0.319 e. The number of nitrogens with two attached hydrogens (primary N) is 2. The fourth-order valence-corrected chi connectivity index (χ4v) is 1.09. The lowest BCUT2D eigenvalue weighted by atomic mass is 10.3. The van der Waals surface area contributed by atoms with Crippen LogP contribution in [0, 0.1) is 0 Å². The van der Waals surface area contributed by atoms with Crippen LogP contribution in [0.3, 0.4) is 0 Å². The molecule has 0 bridgehead atoms. The molecule has 0 radical (unpaired) electrons. The summed E-state index contributed by atoms with van der Waals surface area (Å²) in [6.07, 6.45) is 0.0867. The van der Waals surface area contributed by atoms with Crippen molar-refractivity contribution in [1.29, 1.82) is 0 Å². The van der Waals surface area contributed by atoms with Crippen LogP contribution in [0.5, 0.6) is 0 Å². The smallest absolute Gasteiger partial charge is 0.246 e. The van der Waals surface area contributed by atoms with Gasteiger partial charge in [0, 0.05) is 0 Å². The third-order valence-electron chi connectivity index (χ3n) is 1.71. The van der Waals surface area contributed by atoms with E-state index in [0.717, 1.165) is 4.90 Å².